The van der Waals surface area contributed by atoms with Crippen LogP contribution in [0.1, 0.15) is 19.7 Å². The van der Waals surface area contributed by atoms with Gasteiger partial charge in [-0.25, -0.2) is 9.97 Å². The Hall–Kier alpha value is -0.910. The van der Waals surface area contributed by atoms with Crippen LogP contribution in [0.5, 0.6) is 0 Å². The van der Waals surface area contributed by atoms with Gasteiger partial charge < -0.3 is 14.5 Å². The van der Waals surface area contributed by atoms with E-state index in [2.05, 4.69) is 40.8 Å². The molecule has 0 N–H and O–H groups in total. The van der Waals surface area contributed by atoms with Crippen molar-refractivity contribution in [2.24, 2.45) is 5.92 Å². The highest BCUT2D eigenvalue weighted by atomic mass is 35.5. The summed E-state index contributed by atoms with van der Waals surface area (Å²) >= 11 is 6.10. The molecular formula is C14H23ClN4O. The number of hydrogen-bond acceptors (Lipinski definition) is 5. The van der Waals surface area contributed by atoms with Gasteiger partial charge >= 0.3 is 0 Å². The summed E-state index contributed by atoms with van der Waals surface area (Å²) in [5.41, 5.74) is 0. The fourth-order valence-electron chi connectivity index (χ4n) is 2.68. The molecule has 1 aromatic heterocycles. The molecule has 2 unspecified atom stereocenters. The SMILES string of the molecule is CCOCc1nc(Cl)cc(N2CC(C)C(N(C)C)C2)n1. The van der Waals surface area contributed by atoms with E-state index >= 15 is 0 Å². The van der Waals surface area contributed by atoms with Gasteiger partial charge in [-0.05, 0) is 26.9 Å². The van der Waals surface area contributed by atoms with Crippen LogP contribution < -0.4 is 4.90 Å². The molecule has 0 aromatic carbocycles. The lowest BCUT2D eigenvalue weighted by Crippen LogP contribution is -2.34. The zero-order chi connectivity index (χ0) is 14.7. The predicted molar refractivity (Wildman–Crippen MR) is 81.2 cm³/mol. The quantitative estimate of drug-likeness (QED) is 0.778. The highest BCUT2D eigenvalue weighted by Crippen LogP contribution is 2.26. The van der Waals surface area contributed by atoms with Crippen LogP contribution in [0.25, 0.3) is 0 Å². The highest BCUT2D eigenvalue weighted by molar-refractivity contribution is 6.29. The molecule has 2 atom stereocenters. The fourth-order valence-corrected chi connectivity index (χ4v) is 2.88. The minimum Gasteiger partial charge on any atom is -0.374 e. The molecule has 0 radical (unpaired) electrons. The van der Waals surface area contributed by atoms with Gasteiger partial charge in [-0.1, -0.05) is 18.5 Å². The van der Waals surface area contributed by atoms with Crippen molar-refractivity contribution in [3.8, 4) is 0 Å². The Morgan fingerprint density at radius 2 is 2.15 bits per heavy atom. The van der Waals surface area contributed by atoms with Gasteiger partial charge in [-0.15, -0.1) is 0 Å². The van der Waals surface area contributed by atoms with Gasteiger partial charge in [-0.3, -0.25) is 0 Å². The van der Waals surface area contributed by atoms with Crippen molar-refractivity contribution in [3.05, 3.63) is 17.0 Å². The smallest absolute Gasteiger partial charge is 0.158 e. The zero-order valence-corrected chi connectivity index (χ0v) is 13.4. The van der Waals surface area contributed by atoms with Gasteiger partial charge in [0.1, 0.15) is 17.6 Å². The minimum atomic E-state index is 0.407. The summed E-state index contributed by atoms with van der Waals surface area (Å²) in [5, 5.41) is 0.477. The first kappa shape index (κ1) is 15.5. The average molecular weight is 299 g/mol. The molecule has 1 saturated heterocycles. The lowest BCUT2D eigenvalue weighted by atomic mass is 10.1. The fraction of sp³-hybridized carbons (Fsp3) is 0.714. The minimum absolute atomic E-state index is 0.407. The van der Waals surface area contributed by atoms with Crippen molar-refractivity contribution < 1.29 is 4.74 Å². The van der Waals surface area contributed by atoms with E-state index in [1.807, 2.05) is 13.0 Å². The van der Waals surface area contributed by atoms with E-state index in [-0.39, 0.29) is 0 Å². The maximum Gasteiger partial charge on any atom is 0.158 e. The van der Waals surface area contributed by atoms with Crippen molar-refractivity contribution in [1.29, 1.82) is 0 Å². The van der Waals surface area contributed by atoms with Crippen molar-refractivity contribution in [2.45, 2.75) is 26.5 Å². The summed E-state index contributed by atoms with van der Waals surface area (Å²) in [6.07, 6.45) is 0. The van der Waals surface area contributed by atoms with Crippen LogP contribution in [-0.2, 0) is 11.3 Å². The van der Waals surface area contributed by atoms with Crippen LogP contribution in [0.4, 0.5) is 5.82 Å². The van der Waals surface area contributed by atoms with Crippen molar-refractivity contribution in [3.63, 3.8) is 0 Å². The molecule has 5 nitrogen and oxygen atoms in total. The van der Waals surface area contributed by atoms with E-state index in [0.717, 1.165) is 18.9 Å². The summed E-state index contributed by atoms with van der Waals surface area (Å²) in [6.45, 7) is 7.24. The van der Waals surface area contributed by atoms with Gasteiger partial charge in [0.05, 0.1) is 0 Å². The first-order chi connectivity index (χ1) is 9.51. The van der Waals surface area contributed by atoms with Gasteiger partial charge in [0.15, 0.2) is 5.82 Å². The Kier molecular flexibility index (Phi) is 5.18. The molecule has 20 heavy (non-hydrogen) atoms. The van der Waals surface area contributed by atoms with Gasteiger partial charge in [-0.2, -0.15) is 0 Å². The number of anilines is 1. The van der Waals surface area contributed by atoms with Crippen molar-refractivity contribution in [2.75, 3.05) is 38.7 Å². The molecule has 1 aromatic rings. The van der Waals surface area contributed by atoms with Gasteiger partial charge in [0, 0.05) is 31.8 Å². The number of rotatable bonds is 5. The molecular weight excluding hydrogens is 276 g/mol. The summed E-state index contributed by atoms with van der Waals surface area (Å²) in [7, 11) is 4.25. The molecule has 1 aliphatic rings. The maximum absolute atomic E-state index is 6.10. The van der Waals surface area contributed by atoms with Gasteiger partial charge in [0.25, 0.3) is 0 Å². The summed E-state index contributed by atoms with van der Waals surface area (Å²) < 4.78 is 5.36. The van der Waals surface area contributed by atoms with E-state index < -0.39 is 0 Å². The van der Waals surface area contributed by atoms with E-state index in [0.29, 0.717) is 36.2 Å². The zero-order valence-electron chi connectivity index (χ0n) is 12.6. The Morgan fingerprint density at radius 3 is 2.75 bits per heavy atom. The number of aromatic nitrogens is 2. The predicted octanol–water partition coefficient (Wildman–Crippen LogP) is 2.05. The molecule has 0 aliphatic carbocycles. The Labute approximate surface area is 125 Å². The molecule has 2 rings (SSSR count). The maximum atomic E-state index is 6.10. The van der Waals surface area contributed by atoms with Crippen LogP contribution >= 0.6 is 11.6 Å². The Balaban J connectivity index is 2.14. The molecule has 1 aliphatic heterocycles. The third-order valence-corrected chi connectivity index (χ3v) is 3.92. The van der Waals surface area contributed by atoms with Crippen LogP contribution in [0.2, 0.25) is 5.15 Å². The molecule has 0 bridgehead atoms. The molecule has 1 fully saturated rings. The van der Waals surface area contributed by atoms with Gasteiger partial charge in [0.2, 0.25) is 0 Å². The monoisotopic (exact) mass is 298 g/mol. The second-order valence-corrected chi connectivity index (χ2v) is 5.90. The molecule has 2 heterocycles. The number of halogens is 1. The van der Waals surface area contributed by atoms with E-state index in [4.69, 9.17) is 16.3 Å². The van der Waals surface area contributed by atoms with Crippen LogP contribution in [0.3, 0.4) is 0 Å². The van der Waals surface area contributed by atoms with Crippen LogP contribution in [0, 0.1) is 5.92 Å². The standard InChI is InChI=1S/C14H23ClN4O/c1-5-20-9-13-16-12(15)6-14(17-13)19-7-10(2)11(8-19)18(3)4/h6,10-11H,5,7-9H2,1-4H3. The normalized spacial score (nSPS) is 22.8. The van der Waals surface area contributed by atoms with Crippen molar-refractivity contribution >= 4 is 17.4 Å². The Morgan fingerprint density at radius 1 is 1.40 bits per heavy atom. The molecule has 0 spiro atoms. The molecule has 0 saturated carbocycles. The Bertz CT molecular complexity index is 455. The summed E-state index contributed by atoms with van der Waals surface area (Å²) in [6, 6.07) is 2.38. The van der Waals surface area contributed by atoms with E-state index in [1.54, 1.807) is 0 Å². The largest absolute Gasteiger partial charge is 0.374 e. The molecule has 0 amide bonds. The van der Waals surface area contributed by atoms with Crippen LogP contribution in [-0.4, -0.2) is 54.7 Å². The second kappa shape index (κ2) is 6.70. The first-order valence-electron chi connectivity index (χ1n) is 7.03. The molecule has 112 valence electrons. The average Bonchev–Trinajstić information content (AvgIpc) is 2.78. The third kappa shape index (κ3) is 3.59. The summed E-state index contributed by atoms with van der Waals surface area (Å²) in [5.74, 6) is 2.15. The topological polar surface area (TPSA) is 41.5 Å². The number of likely N-dealkylation sites (N-methyl/N-ethyl adjacent to an activating group) is 1. The van der Waals surface area contributed by atoms with Crippen LogP contribution in [0.15, 0.2) is 6.07 Å². The van der Waals surface area contributed by atoms with E-state index in [1.165, 1.54) is 0 Å². The number of ether oxygens (including phenoxy) is 1. The van der Waals surface area contributed by atoms with Crippen molar-refractivity contribution in [1.82, 2.24) is 14.9 Å². The second-order valence-electron chi connectivity index (χ2n) is 5.52. The number of hydrogen-bond donors (Lipinski definition) is 0. The lowest BCUT2D eigenvalue weighted by molar-refractivity contribution is 0.128. The first-order valence-corrected chi connectivity index (χ1v) is 7.41. The highest BCUT2D eigenvalue weighted by Gasteiger charge is 2.31. The summed E-state index contributed by atoms with van der Waals surface area (Å²) in [4.78, 5) is 13.3. The third-order valence-electron chi connectivity index (χ3n) is 3.72. The van der Waals surface area contributed by atoms with E-state index in [9.17, 15) is 0 Å². The number of nitrogens with zero attached hydrogens (tertiary/aromatic N) is 4. The molecule has 6 heteroatoms. The lowest BCUT2D eigenvalue weighted by Gasteiger charge is -2.22.